The second kappa shape index (κ2) is 13.3. The number of benzene rings is 1. The van der Waals surface area contributed by atoms with Gasteiger partial charge in [0.25, 0.3) is 11.8 Å². The van der Waals surface area contributed by atoms with Crippen molar-refractivity contribution in [2.24, 2.45) is 0 Å². The molecule has 214 valence electrons. The van der Waals surface area contributed by atoms with Gasteiger partial charge in [0.05, 0.1) is 28.9 Å². The Labute approximate surface area is 240 Å². The Morgan fingerprint density at radius 2 is 1.77 bits per heavy atom. The number of carbonyl (C=O) groups is 5. The predicted octanol–water partition coefficient (Wildman–Crippen LogP) is 1.83. The Kier molecular flexibility index (Phi) is 9.87. The van der Waals surface area contributed by atoms with E-state index in [1.165, 1.54) is 17.0 Å². The second-order valence-electron chi connectivity index (χ2n) is 9.31. The van der Waals surface area contributed by atoms with Gasteiger partial charge in [-0.25, -0.2) is 9.69 Å². The highest BCUT2D eigenvalue weighted by atomic mass is 35.5. The number of thiophene rings is 1. The van der Waals surface area contributed by atoms with Crippen molar-refractivity contribution in [1.29, 1.82) is 0 Å². The number of nitrogens with one attached hydrogen (secondary N) is 1. The minimum atomic E-state index is -0.725. The number of rotatable bonds is 10. The topological polar surface area (TPSA) is 129 Å². The van der Waals surface area contributed by atoms with Crippen LogP contribution in [-0.4, -0.2) is 106 Å². The standard InChI is InChI=1S/C26H30ClN5O7S/c1-28-10-9-22(33)32(25(36)20-7-8-21(27)40-20)23(34)15-29(2)13-19-14-31(26(37)39-19)18-5-3-17(4-6-18)30-11-12-38-16-24(30)35/h3-8,19,28H,9-16H2,1-2H3/t19-/m0/s1. The minimum absolute atomic E-state index is 0.0372. The van der Waals surface area contributed by atoms with Gasteiger partial charge < -0.3 is 19.7 Å². The van der Waals surface area contributed by atoms with Gasteiger partial charge in [-0.05, 0) is 50.5 Å². The smallest absolute Gasteiger partial charge is 0.414 e. The number of anilines is 2. The summed E-state index contributed by atoms with van der Waals surface area (Å²) in [6.07, 6.45) is -1.12. The molecule has 3 heterocycles. The Balaban J connectivity index is 1.36. The van der Waals surface area contributed by atoms with Crippen LogP contribution >= 0.6 is 22.9 Å². The third-order valence-corrected chi connectivity index (χ3v) is 7.55. The highest BCUT2D eigenvalue weighted by Gasteiger charge is 2.35. The predicted molar refractivity (Wildman–Crippen MR) is 149 cm³/mol. The summed E-state index contributed by atoms with van der Waals surface area (Å²) in [6, 6.07) is 10.0. The summed E-state index contributed by atoms with van der Waals surface area (Å²) in [6.45, 7) is 1.46. The molecule has 12 nitrogen and oxygen atoms in total. The molecule has 0 aliphatic carbocycles. The molecule has 5 amide bonds. The normalized spacial score (nSPS) is 17.4. The zero-order valence-electron chi connectivity index (χ0n) is 22.1. The van der Waals surface area contributed by atoms with Crippen LogP contribution in [0.3, 0.4) is 0 Å². The molecule has 2 fully saturated rings. The first-order chi connectivity index (χ1) is 19.2. The van der Waals surface area contributed by atoms with E-state index in [0.29, 0.717) is 40.3 Å². The van der Waals surface area contributed by atoms with Crippen molar-refractivity contribution < 1.29 is 33.4 Å². The van der Waals surface area contributed by atoms with Gasteiger partial charge in [0.15, 0.2) is 0 Å². The number of carbonyl (C=O) groups excluding carboxylic acids is 5. The summed E-state index contributed by atoms with van der Waals surface area (Å²) in [4.78, 5) is 69.1. The zero-order chi connectivity index (χ0) is 28.8. The van der Waals surface area contributed by atoms with E-state index in [-0.39, 0.29) is 43.4 Å². The molecule has 4 rings (SSSR count). The Bertz CT molecular complexity index is 1270. The van der Waals surface area contributed by atoms with Gasteiger partial charge in [0.2, 0.25) is 11.8 Å². The summed E-state index contributed by atoms with van der Waals surface area (Å²) in [5, 5.41) is 2.83. The first-order valence-corrected chi connectivity index (χ1v) is 13.8. The van der Waals surface area contributed by atoms with Crippen molar-refractivity contribution >= 4 is 64.0 Å². The van der Waals surface area contributed by atoms with Crippen LogP contribution in [0.5, 0.6) is 0 Å². The van der Waals surface area contributed by atoms with E-state index in [9.17, 15) is 24.0 Å². The van der Waals surface area contributed by atoms with Gasteiger partial charge in [-0.3, -0.25) is 29.0 Å². The Morgan fingerprint density at radius 1 is 1.07 bits per heavy atom. The summed E-state index contributed by atoms with van der Waals surface area (Å²) in [5.41, 5.74) is 1.32. The van der Waals surface area contributed by atoms with Crippen LogP contribution in [0.2, 0.25) is 4.34 Å². The first kappa shape index (κ1) is 29.6. The largest absolute Gasteiger partial charge is 0.443 e. The maximum Gasteiger partial charge on any atom is 0.414 e. The van der Waals surface area contributed by atoms with Crippen LogP contribution in [0.25, 0.3) is 0 Å². The van der Waals surface area contributed by atoms with E-state index >= 15 is 0 Å². The summed E-state index contributed by atoms with van der Waals surface area (Å²) in [5.74, 6) is -2.16. The van der Waals surface area contributed by atoms with Crippen molar-refractivity contribution in [2.45, 2.75) is 12.5 Å². The fourth-order valence-corrected chi connectivity index (χ4v) is 5.37. The number of halogens is 1. The van der Waals surface area contributed by atoms with Crippen LogP contribution < -0.4 is 15.1 Å². The number of ether oxygens (including phenoxy) is 2. The van der Waals surface area contributed by atoms with E-state index in [1.807, 2.05) is 0 Å². The molecule has 2 aliphatic heterocycles. The summed E-state index contributed by atoms with van der Waals surface area (Å²) >= 11 is 6.93. The molecule has 2 aliphatic rings. The molecule has 14 heteroatoms. The number of hydrogen-bond acceptors (Lipinski definition) is 10. The number of likely N-dealkylation sites (N-methyl/N-ethyl adjacent to an activating group) is 1. The lowest BCUT2D eigenvalue weighted by Crippen LogP contribution is -2.47. The van der Waals surface area contributed by atoms with E-state index in [0.717, 1.165) is 11.3 Å². The SMILES string of the molecule is CNCCC(=O)N(C(=O)CN(C)C[C@H]1CN(c2ccc(N3CCOCC3=O)cc2)C(=O)O1)C(=O)c1ccc(Cl)s1. The van der Waals surface area contributed by atoms with Crippen molar-refractivity contribution in [3.63, 3.8) is 0 Å². The molecular formula is C26H30ClN5O7S. The van der Waals surface area contributed by atoms with Crippen molar-refractivity contribution in [3.05, 3.63) is 45.6 Å². The second-order valence-corrected chi connectivity index (χ2v) is 11.0. The lowest BCUT2D eigenvalue weighted by molar-refractivity contribution is -0.141. The molecule has 2 aromatic rings. The molecule has 0 radical (unpaired) electrons. The fourth-order valence-electron chi connectivity index (χ4n) is 4.39. The van der Waals surface area contributed by atoms with Gasteiger partial charge in [-0.15, -0.1) is 11.3 Å². The van der Waals surface area contributed by atoms with E-state index < -0.39 is 29.9 Å². The first-order valence-electron chi connectivity index (χ1n) is 12.6. The number of hydrogen-bond donors (Lipinski definition) is 1. The zero-order valence-corrected chi connectivity index (χ0v) is 23.7. The molecule has 40 heavy (non-hydrogen) atoms. The fraction of sp³-hybridized carbons (Fsp3) is 0.423. The van der Waals surface area contributed by atoms with Gasteiger partial charge in [-0.2, -0.15) is 0 Å². The quantitative estimate of drug-likeness (QED) is 0.440. The van der Waals surface area contributed by atoms with E-state index in [4.69, 9.17) is 21.1 Å². The average Bonchev–Trinajstić information content (AvgIpc) is 3.52. The Morgan fingerprint density at radius 3 is 2.40 bits per heavy atom. The van der Waals surface area contributed by atoms with E-state index in [2.05, 4.69) is 5.32 Å². The molecule has 1 aromatic carbocycles. The molecular weight excluding hydrogens is 562 g/mol. The number of cyclic esters (lactones) is 1. The third kappa shape index (κ3) is 7.04. The van der Waals surface area contributed by atoms with Gasteiger partial charge in [0.1, 0.15) is 12.7 Å². The van der Waals surface area contributed by atoms with Crippen LogP contribution in [-0.2, 0) is 23.9 Å². The molecule has 0 unspecified atom stereocenters. The Hall–Kier alpha value is -3.36. The number of imide groups is 3. The molecule has 1 N–H and O–H groups in total. The highest BCUT2D eigenvalue weighted by molar-refractivity contribution is 7.18. The molecule has 0 spiro atoms. The number of nitrogens with zero attached hydrogens (tertiary/aromatic N) is 4. The van der Waals surface area contributed by atoms with Gasteiger partial charge in [0, 0.05) is 37.4 Å². The van der Waals surface area contributed by atoms with Crippen LogP contribution in [0.1, 0.15) is 16.1 Å². The molecule has 1 aromatic heterocycles. The molecule has 1 atom stereocenters. The lowest BCUT2D eigenvalue weighted by Gasteiger charge is -2.27. The van der Waals surface area contributed by atoms with Crippen molar-refractivity contribution in [2.75, 3.05) is 69.8 Å². The molecule has 0 bridgehead atoms. The maximum atomic E-state index is 13.1. The maximum absolute atomic E-state index is 13.1. The van der Waals surface area contributed by atoms with Gasteiger partial charge in [-0.1, -0.05) is 11.6 Å². The summed E-state index contributed by atoms with van der Waals surface area (Å²) < 4.78 is 11.0. The van der Waals surface area contributed by atoms with Crippen molar-refractivity contribution in [1.82, 2.24) is 15.1 Å². The summed E-state index contributed by atoms with van der Waals surface area (Å²) in [7, 11) is 3.31. The molecule has 2 saturated heterocycles. The lowest BCUT2D eigenvalue weighted by atomic mass is 10.2. The minimum Gasteiger partial charge on any atom is -0.443 e. The number of morpholine rings is 1. The molecule has 0 saturated carbocycles. The van der Waals surface area contributed by atoms with Crippen LogP contribution in [0, 0.1) is 0 Å². The van der Waals surface area contributed by atoms with Gasteiger partial charge >= 0.3 is 6.09 Å². The van der Waals surface area contributed by atoms with Crippen molar-refractivity contribution in [3.8, 4) is 0 Å². The highest BCUT2D eigenvalue weighted by Crippen LogP contribution is 2.26. The monoisotopic (exact) mass is 591 g/mol. The average molecular weight is 592 g/mol. The van der Waals surface area contributed by atoms with E-state index in [1.54, 1.807) is 48.2 Å². The third-order valence-electron chi connectivity index (χ3n) is 6.33. The number of amides is 5. The van der Waals surface area contributed by atoms with Crippen LogP contribution in [0.4, 0.5) is 16.2 Å². The van der Waals surface area contributed by atoms with Crippen LogP contribution in [0.15, 0.2) is 36.4 Å².